The first-order valence-corrected chi connectivity index (χ1v) is 6.75. The van der Waals surface area contributed by atoms with Crippen LogP contribution >= 0.6 is 23.1 Å². The molecule has 0 saturated carbocycles. The Bertz CT molecular complexity index is 577. The molecule has 2 aromatic rings. The van der Waals surface area contributed by atoms with Gasteiger partial charge >= 0.3 is 0 Å². The first kappa shape index (κ1) is 12.7. The third-order valence-electron chi connectivity index (χ3n) is 1.90. The van der Waals surface area contributed by atoms with Gasteiger partial charge in [0.05, 0.1) is 0 Å². The minimum atomic E-state index is 0.593. The Morgan fingerprint density at radius 2 is 2.17 bits per heavy atom. The first-order valence-electron chi connectivity index (χ1n) is 5.12. The Hall–Kier alpha value is -1.78. The molecular formula is C11H11N5S2. The van der Waals surface area contributed by atoms with Crippen LogP contribution < -0.4 is 0 Å². The van der Waals surface area contributed by atoms with Crippen LogP contribution in [0, 0.1) is 11.3 Å². The molecule has 2 rings (SSSR count). The van der Waals surface area contributed by atoms with Gasteiger partial charge in [0, 0.05) is 32.7 Å². The number of nitriles is 1. The van der Waals surface area contributed by atoms with Crippen molar-refractivity contribution in [3.05, 3.63) is 35.6 Å². The van der Waals surface area contributed by atoms with Crippen molar-refractivity contribution < 1.29 is 0 Å². The molecule has 0 bridgehead atoms. The van der Waals surface area contributed by atoms with Crippen molar-refractivity contribution >= 4 is 23.1 Å². The van der Waals surface area contributed by atoms with Crippen LogP contribution in [0.15, 0.2) is 40.0 Å². The highest BCUT2D eigenvalue weighted by Crippen LogP contribution is 2.30. The number of hydrogen-bond donors (Lipinski definition) is 0. The average molecular weight is 277 g/mol. The van der Waals surface area contributed by atoms with Crippen LogP contribution in [0.5, 0.6) is 0 Å². The van der Waals surface area contributed by atoms with E-state index in [1.165, 1.54) is 23.1 Å². The molecule has 0 unspecified atom stereocenters. The van der Waals surface area contributed by atoms with Crippen molar-refractivity contribution in [1.29, 1.82) is 5.26 Å². The predicted molar refractivity (Wildman–Crippen MR) is 72.5 cm³/mol. The summed E-state index contributed by atoms with van der Waals surface area (Å²) in [4.78, 5) is 2.43. The van der Waals surface area contributed by atoms with Crippen molar-refractivity contribution in [3.63, 3.8) is 0 Å². The summed E-state index contributed by atoms with van der Waals surface area (Å²) in [7, 11) is 3.76. The average Bonchev–Trinajstić information content (AvgIpc) is 2.97. The molecule has 0 aliphatic rings. The topological polar surface area (TPSA) is 57.7 Å². The van der Waals surface area contributed by atoms with Gasteiger partial charge in [-0.15, -0.1) is 10.2 Å². The highest BCUT2D eigenvalue weighted by Gasteiger charge is 2.08. The number of rotatable bonds is 4. The third-order valence-corrected chi connectivity index (χ3v) is 3.81. The minimum Gasteiger partial charge on any atom is -0.382 e. The molecule has 92 valence electrons. The van der Waals surface area contributed by atoms with E-state index in [-0.39, 0.29) is 0 Å². The minimum absolute atomic E-state index is 0.593. The lowest BCUT2D eigenvalue weighted by molar-refractivity contribution is 0.563. The first-order chi connectivity index (χ1) is 8.69. The quantitative estimate of drug-likeness (QED) is 0.634. The molecule has 0 aromatic carbocycles. The van der Waals surface area contributed by atoms with Gasteiger partial charge in [-0.2, -0.15) is 5.26 Å². The van der Waals surface area contributed by atoms with Crippen LogP contribution in [-0.2, 0) is 0 Å². The van der Waals surface area contributed by atoms with Crippen LogP contribution in [0.25, 0.3) is 5.13 Å². The lowest BCUT2D eigenvalue weighted by Gasteiger charge is -2.04. The zero-order valence-corrected chi connectivity index (χ0v) is 11.6. The molecule has 0 aliphatic carbocycles. The molecule has 0 fully saturated rings. The molecule has 0 radical (unpaired) electrons. The summed E-state index contributed by atoms with van der Waals surface area (Å²) in [6.07, 6.45) is 5.59. The number of thioether (sulfide) groups is 1. The molecule has 2 aromatic heterocycles. The van der Waals surface area contributed by atoms with Gasteiger partial charge in [-0.1, -0.05) is 11.3 Å². The highest BCUT2D eigenvalue weighted by molar-refractivity contribution is 8.05. The monoisotopic (exact) mass is 277 g/mol. The van der Waals surface area contributed by atoms with E-state index in [0.717, 1.165) is 9.47 Å². The Morgan fingerprint density at radius 1 is 1.44 bits per heavy atom. The van der Waals surface area contributed by atoms with Gasteiger partial charge in [-0.05, 0) is 23.9 Å². The molecule has 7 heteroatoms. The normalized spacial score (nSPS) is 11.3. The largest absolute Gasteiger partial charge is 0.382 e. The van der Waals surface area contributed by atoms with Crippen LogP contribution in [0.1, 0.15) is 0 Å². The summed E-state index contributed by atoms with van der Waals surface area (Å²) in [6.45, 7) is 0. The predicted octanol–water partition coefficient (Wildman–Crippen LogP) is 2.35. The summed E-state index contributed by atoms with van der Waals surface area (Å²) in [5.74, 6) is 0. The Morgan fingerprint density at radius 3 is 2.78 bits per heavy atom. The molecule has 0 atom stereocenters. The fourth-order valence-corrected chi connectivity index (χ4v) is 3.00. The summed E-state index contributed by atoms with van der Waals surface area (Å²) >= 11 is 2.78. The zero-order valence-electron chi connectivity index (χ0n) is 9.94. The summed E-state index contributed by atoms with van der Waals surface area (Å²) in [5.41, 5.74) is 0. The van der Waals surface area contributed by atoms with Gasteiger partial charge in [-0.3, -0.25) is 4.57 Å². The van der Waals surface area contributed by atoms with E-state index in [1.54, 1.807) is 6.20 Å². The Labute approximate surface area is 113 Å². The number of aromatic nitrogens is 3. The molecule has 0 amide bonds. The number of hydrogen-bond acceptors (Lipinski definition) is 6. The summed E-state index contributed by atoms with van der Waals surface area (Å²) in [5, 5.41) is 18.0. The smallest absolute Gasteiger partial charge is 0.217 e. The molecule has 0 N–H and O–H groups in total. The second-order valence-corrected chi connectivity index (χ2v) is 5.86. The lowest BCUT2D eigenvalue weighted by atomic mass is 10.6. The van der Waals surface area contributed by atoms with Crippen LogP contribution in [-0.4, -0.2) is 33.8 Å². The number of nitrogens with zero attached hydrogens (tertiary/aromatic N) is 5. The van der Waals surface area contributed by atoms with Gasteiger partial charge in [0.15, 0.2) is 4.34 Å². The molecule has 0 aliphatic heterocycles. The lowest BCUT2D eigenvalue weighted by Crippen LogP contribution is -2.01. The van der Waals surface area contributed by atoms with Crippen LogP contribution in [0.2, 0.25) is 0 Å². The molecule has 0 spiro atoms. The van der Waals surface area contributed by atoms with Crippen molar-refractivity contribution in [1.82, 2.24) is 19.7 Å². The van der Waals surface area contributed by atoms with E-state index in [1.807, 2.05) is 48.1 Å². The fraction of sp³-hybridized carbons (Fsp3) is 0.182. The van der Waals surface area contributed by atoms with Crippen molar-refractivity contribution in [2.45, 2.75) is 4.34 Å². The molecule has 18 heavy (non-hydrogen) atoms. The SMILES string of the molecule is CN(C)/C=C(\C#N)Sc1nnc(-n2cccc2)s1. The molecule has 0 saturated heterocycles. The van der Waals surface area contributed by atoms with Crippen molar-refractivity contribution in [3.8, 4) is 11.2 Å². The maximum absolute atomic E-state index is 9.01. The standard InChI is InChI=1S/C11H11N5S2/c1-15(2)8-9(7-12)17-11-14-13-10(18-11)16-5-3-4-6-16/h3-6,8H,1-2H3/b9-8+. The van der Waals surface area contributed by atoms with E-state index in [2.05, 4.69) is 16.3 Å². The van der Waals surface area contributed by atoms with Crippen molar-refractivity contribution in [2.75, 3.05) is 14.1 Å². The molecular weight excluding hydrogens is 266 g/mol. The van der Waals surface area contributed by atoms with E-state index >= 15 is 0 Å². The van der Waals surface area contributed by atoms with Crippen LogP contribution in [0.3, 0.4) is 0 Å². The highest BCUT2D eigenvalue weighted by atomic mass is 32.2. The maximum atomic E-state index is 9.01. The van der Waals surface area contributed by atoms with E-state index in [0.29, 0.717) is 4.91 Å². The van der Waals surface area contributed by atoms with Gasteiger partial charge in [-0.25, -0.2) is 0 Å². The van der Waals surface area contributed by atoms with Crippen molar-refractivity contribution in [2.24, 2.45) is 0 Å². The second kappa shape index (κ2) is 5.71. The summed E-state index contributed by atoms with van der Waals surface area (Å²) in [6, 6.07) is 6.00. The van der Waals surface area contributed by atoms with E-state index in [4.69, 9.17) is 5.26 Å². The Balaban J connectivity index is 2.14. The van der Waals surface area contributed by atoms with Gasteiger partial charge in [0.2, 0.25) is 5.13 Å². The maximum Gasteiger partial charge on any atom is 0.217 e. The molecule has 2 heterocycles. The fourth-order valence-electron chi connectivity index (χ4n) is 1.22. The second-order valence-electron chi connectivity index (χ2n) is 3.61. The van der Waals surface area contributed by atoms with Crippen LogP contribution in [0.4, 0.5) is 0 Å². The summed E-state index contributed by atoms with van der Waals surface area (Å²) < 4.78 is 2.65. The molecule has 5 nitrogen and oxygen atoms in total. The van der Waals surface area contributed by atoms with E-state index < -0.39 is 0 Å². The van der Waals surface area contributed by atoms with Gasteiger partial charge in [0.1, 0.15) is 11.0 Å². The van der Waals surface area contributed by atoms with Gasteiger partial charge in [0.25, 0.3) is 0 Å². The number of allylic oxidation sites excluding steroid dienone is 1. The van der Waals surface area contributed by atoms with E-state index in [9.17, 15) is 0 Å². The zero-order chi connectivity index (χ0) is 13.0. The third kappa shape index (κ3) is 3.12. The van der Waals surface area contributed by atoms with Gasteiger partial charge < -0.3 is 4.90 Å². The Kier molecular flexibility index (Phi) is 4.02.